The first-order valence-corrected chi connectivity index (χ1v) is 4.98. The van der Waals surface area contributed by atoms with Crippen LogP contribution in [0, 0.1) is 11.3 Å². The predicted octanol–water partition coefficient (Wildman–Crippen LogP) is 1.16. The van der Waals surface area contributed by atoms with Gasteiger partial charge in [0, 0.05) is 0 Å². The summed E-state index contributed by atoms with van der Waals surface area (Å²) in [7, 11) is 0. The summed E-state index contributed by atoms with van der Waals surface area (Å²) in [6, 6.07) is 7.75. The molecule has 1 aromatic heterocycles. The van der Waals surface area contributed by atoms with Crippen LogP contribution in [0.3, 0.4) is 0 Å². The molecule has 0 amide bonds. The Balaban J connectivity index is 2.79. The number of nitrogens with zero attached hydrogens (tertiary/aromatic N) is 2. The van der Waals surface area contributed by atoms with Crippen LogP contribution in [0.1, 0.15) is 5.56 Å². The Morgan fingerprint density at radius 2 is 2.36 bits per heavy atom. The van der Waals surface area contributed by atoms with Crippen molar-refractivity contribution in [2.45, 2.75) is 0 Å². The zero-order valence-corrected chi connectivity index (χ0v) is 7.33. The molecule has 0 radical (unpaired) electrons. The Morgan fingerprint density at radius 3 is 3.18 bits per heavy atom. The summed E-state index contributed by atoms with van der Waals surface area (Å²) < 4.78 is 1.27. The first-order valence-electron chi connectivity index (χ1n) is 3.13. The minimum atomic E-state index is 0.392. The van der Waals surface area contributed by atoms with Gasteiger partial charge in [0.2, 0.25) is 0 Å². The molecule has 2 nitrogen and oxygen atoms in total. The van der Waals surface area contributed by atoms with E-state index >= 15 is 0 Å². The van der Waals surface area contributed by atoms with Crippen LogP contribution >= 0.6 is 0 Å². The van der Waals surface area contributed by atoms with E-state index in [9.17, 15) is 0 Å². The van der Waals surface area contributed by atoms with E-state index in [1.807, 2.05) is 23.3 Å². The van der Waals surface area contributed by atoms with Gasteiger partial charge in [0.05, 0.1) is 0 Å². The average molecular weight is 207 g/mol. The van der Waals surface area contributed by atoms with E-state index in [1.165, 1.54) is 4.26 Å². The van der Waals surface area contributed by atoms with Gasteiger partial charge in [-0.25, -0.2) is 0 Å². The molecule has 0 bridgehead atoms. The molecule has 0 fully saturated rings. The van der Waals surface area contributed by atoms with Gasteiger partial charge in [0.1, 0.15) is 0 Å². The molecule has 0 aliphatic rings. The fourth-order valence-electron chi connectivity index (χ4n) is 0.927. The van der Waals surface area contributed by atoms with Gasteiger partial charge in [-0.3, -0.25) is 0 Å². The van der Waals surface area contributed by atoms with Crippen molar-refractivity contribution in [3.63, 3.8) is 0 Å². The summed E-state index contributed by atoms with van der Waals surface area (Å²) in [5.41, 5.74) is 1.67. The van der Waals surface area contributed by atoms with Crippen LogP contribution in [0.2, 0.25) is 0 Å². The van der Waals surface area contributed by atoms with Crippen LogP contribution in [0.25, 0.3) is 9.78 Å². The number of nitriles is 1. The second kappa shape index (κ2) is 2.50. The molecule has 0 N–H and O–H groups in total. The van der Waals surface area contributed by atoms with Crippen molar-refractivity contribution in [3.8, 4) is 6.07 Å². The van der Waals surface area contributed by atoms with Crippen molar-refractivity contribution in [2.24, 2.45) is 0 Å². The zero-order valence-electron chi connectivity index (χ0n) is 5.61. The molecule has 1 heterocycles. The summed E-state index contributed by atoms with van der Waals surface area (Å²) in [4.78, 5) is 4.16. The summed E-state index contributed by atoms with van der Waals surface area (Å²) in [6.07, 6.45) is 0. The maximum absolute atomic E-state index is 8.57. The van der Waals surface area contributed by atoms with Gasteiger partial charge in [-0.2, -0.15) is 0 Å². The Bertz CT molecular complexity index is 425. The number of aromatic nitrogens is 1. The van der Waals surface area contributed by atoms with Gasteiger partial charge in [0.15, 0.2) is 0 Å². The van der Waals surface area contributed by atoms with Crippen LogP contribution in [0.5, 0.6) is 0 Å². The van der Waals surface area contributed by atoms with E-state index < -0.39 is 0 Å². The van der Waals surface area contributed by atoms with Crippen molar-refractivity contribution in [3.05, 3.63) is 28.8 Å². The molecule has 0 saturated heterocycles. The number of benzene rings is 1. The van der Waals surface area contributed by atoms with E-state index in [0.717, 1.165) is 5.52 Å². The van der Waals surface area contributed by atoms with Gasteiger partial charge < -0.3 is 0 Å². The van der Waals surface area contributed by atoms with E-state index in [0.29, 0.717) is 20.1 Å². The Hall–Kier alpha value is -1.10. The van der Waals surface area contributed by atoms with Gasteiger partial charge >= 0.3 is 69.4 Å². The zero-order chi connectivity index (χ0) is 7.68. The quantitative estimate of drug-likeness (QED) is 0.608. The third-order valence-electron chi connectivity index (χ3n) is 1.46. The Labute approximate surface area is 69.8 Å². The Morgan fingerprint density at radius 1 is 1.45 bits per heavy atom. The second-order valence-corrected chi connectivity index (χ2v) is 4.01. The number of rotatable bonds is 0. The topological polar surface area (TPSA) is 36.7 Å². The van der Waals surface area contributed by atoms with Crippen LogP contribution in [0.15, 0.2) is 23.3 Å². The third kappa shape index (κ3) is 1.07. The molecule has 3 heteroatoms. The van der Waals surface area contributed by atoms with Crippen molar-refractivity contribution in [2.75, 3.05) is 0 Å². The number of hydrogen-bond acceptors (Lipinski definition) is 2. The van der Waals surface area contributed by atoms with E-state index in [-0.39, 0.29) is 0 Å². The summed E-state index contributed by atoms with van der Waals surface area (Å²) in [6.45, 7) is 0. The summed E-state index contributed by atoms with van der Waals surface area (Å²) in [5, 5.41) is 10.5. The normalized spacial score (nSPS) is 9.73. The molecule has 11 heavy (non-hydrogen) atoms. The molecule has 2 rings (SSSR count). The van der Waals surface area contributed by atoms with Crippen LogP contribution in [0.4, 0.5) is 0 Å². The molecule has 0 atom stereocenters. The molecule has 0 aliphatic carbocycles. The standard InChI is InChI=1S/C8H4N2Se/c9-4-6-1-2-8-7(3-6)10-5-11-8/h1-3,5H. The maximum atomic E-state index is 8.57. The van der Waals surface area contributed by atoms with Gasteiger partial charge in [-0.05, 0) is 0 Å². The van der Waals surface area contributed by atoms with Crippen LogP contribution in [-0.4, -0.2) is 19.5 Å². The minimum absolute atomic E-state index is 0.392. The third-order valence-corrected chi connectivity index (χ3v) is 3.16. The average Bonchev–Trinajstić information content (AvgIpc) is 2.50. The fraction of sp³-hybridized carbons (Fsp3) is 0. The summed E-state index contributed by atoms with van der Waals surface area (Å²) >= 11 is 0.392. The monoisotopic (exact) mass is 208 g/mol. The van der Waals surface area contributed by atoms with Crippen LogP contribution < -0.4 is 0 Å². The van der Waals surface area contributed by atoms with E-state index in [1.54, 1.807) is 0 Å². The second-order valence-electron chi connectivity index (χ2n) is 2.15. The van der Waals surface area contributed by atoms with Crippen LogP contribution in [-0.2, 0) is 0 Å². The summed E-state index contributed by atoms with van der Waals surface area (Å²) in [5.74, 6) is 0. The molecular formula is C8H4N2Se. The predicted molar refractivity (Wildman–Crippen MR) is 43.4 cm³/mol. The molecule has 52 valence electrons. The first kappa shape index (κ1) is 6.60. The van der Waals surface area contributed by atoms with Crippen molar-refractivity contribution in [1.82, 2.24) is 4.98 Å². The Kier molecular flexibility index (Phi) is 1.50. The number of hydrogen-bond donors (Lipinski definition) is 0. The number of fused-ring (bicyclic) bond motifs is 1. The van der Waals surface area contributed by atoms with E-state index in [4.69, 9.17) is 5.26 Å². The first-order chi connectivity index (χ1) is 5.40. The molecule has 0 saturated carbocycles. The molecular weight excluding hydrogens is 203 g/mol. The SMILES string of the molecule is N#Cc1ccc2[se]cnc2c1. The van der Waals surface area contributed by atoms with Gasteiger partial charge in [-0.15, -0.1) is 0 Å². The van der Waals surface area contributed by atoms with Crippen molar-refractivity contribution < 1.29 is 0 Å². The molecule has 1 aromatic carbocycles. The van der Waals surface area contributed by atoms with Gasteiger partial charge in [-0.1, -0.05) is 0 Å². The van der Waals surface area contributed by atoms with Crippen molar-refractivity contribution in [1.29, 1.82) is 5.26 Å². The van der Waals surface area contributed by atoms with Crippen molar-refractivity contribution >= 4 is 24.3 Å². The van der Waals surface area contributed by atoms with E-state index in [2.05, 4.69) is 11.1 Å². The molecule has 0 unspecified atom stereocenters. The van der Waals surface area contributed by atoms with Gasteiger partial charge in [0.25, 0.3) is 0 Å². The molecule has 0 spiro atoms. The molecule has 0 aliphatic heterocycles. The fourth-order valence-corrected chi connectivity index (χ4v) is 2.31. The molecule has 2 aromatic rings.